The molecule has 0 aliphatic rings. The van der Waals surface area contributed by atoms with Crippen molar-refractivity contribution in [1.82, 2.24) is 14.8 Å². The first-order chi connectivity index (χ1) is 11.9. The summed E-state index contributed by atoms with van der Waals surface area (Å²) in [6.07, 6.45) is 0. The smallest absolute Gasteiger partial charge is 0.331 e. The van der Waals surface area contributed by atoms with Crippen molar-refractivity contribution in [2.24, 2.45) is 0 Å². The van der Waals surface area contributed by atoms with E-state index in [4.69, 9.17) is 9.15 Å². The summed E-state index contributed by atoms with van der Waals surface area (Å²) >= 11 is 0. The molecule has 0 unspecified atom stereocenters. The molecule has 0 amide bonds. The largest absolute Gasteiger partial charge is 0.464 e. The molecule has 0 aliphatic carbocycles. The minimum atomic E-state index is -0.916. The molecule has 0 saturated heterocycles. The first kappa shape index (κ1) is 17.2. The fourth-order valence-electron chi connectivity index (χ4n) is 2.88. The van der Waals surface area contributed by atoms with Crippen molar-refractivity contribution in [3.8, 4) is 11.6 Å². The summed E-state index contributed by atoms with van der Waals surface area (Å²) in [6, 6.07) is 9.84. The summed E-state index contributed by atoms with van der Waals surface area (Å²) in [5.74, 6) is 0.802. The highest BCUT2D eigenvalue weighted by Gasteiger charge is 2.35. The fraction of sp³-hybridized carbons (Fsp3) is 0.421. The minimum absolute atomic E-state index is 0.136. The minimum Gasteiger partial charge on any atom is -0.464 e. The van der Waals surface area contributed by atoms with Gasteiger partial charge in [-0.05, 0) is 32.9 Å². The zero-order valence-corrected chi connectivity index (χ0v) is 15.2. The number of para-hydroxylation sites is 1. The zero-order chi connectivity index (χ0) is 18.2. The van der Waals surface area contributed by atoms with Crippen molar-refractivity contribution in [2.75, 3.05) is 6.61 Å². The summed E-state index contributed by atoms with van der Waals surface area (Å²) in [5.41, 5.74) is 0.708. The van der Waals surface area contributed by atoms with Gasteiger partial charge in [-0.2, -0.15) is 0 Å². The van der Waals surface area contributed by atoms with Gasteiger partial charge in [0.1, 0.15) is 11.2 Å². The maximum atomic E-state index is 12.6. The third-order valence-corrected chi connectivity index (χ3v) is 4.20. The molecule has 0 aliphatic heterocycles. The van der Waals surface area contributed by atoms with Crippen molar-refractivity contribution in [1.29, 1.82) is 0 Å². The predicted molar refractivity (Wildman–Crippen MR) is 95.3 cm³/mol. The molecule has 0 bridgehead atoms. The predicted octanol–water partition coefficient (Wildman–Crippen LogP) is 4.11. The van der Waals surface area contributed by atoms with E-state index in [0.717, 1.165) is 10.9 Å². The van der Waals surface area contributed by atoms with Crippen LogP contribution in [0.2, 0.25) is 0 Å². The zero-order valence-electron chi connectivity index (χ0n) is 15.2. The van der Waals surface area contributed by atoms with Crippen LogP contribution in [0.3, 0.4) is 0 Å². The molecule has 0 radical (unpaired) electrons. The molecule has 0 N–H and O–H groups in total. The quantitative estimate of drug-likeness (QED) is 0.653. The number of aromatic nitrogens is 3. The monoisotopic (exact) mass is 341 g/mol. The second-order valence-corrected chi connectivity index (χ2v) is 6.80. The highest BCUT2D eigenvalue weighted by molar-refractivity contribution is 5.89. The molecule has 0 atom stereocenters. The van der Waals surface area contributed by atoms with E-state index in [1.165, 1.54) is 0 Å². The molecule has 25 heavy (non-hydrogen) atoms. The number of carbonyl (C=O) groups is 1. The number of carbonyl (C=O) groups excluding carboxylic acids is 1. The molecule has 1 aromatic carbocycles. The molecule has 3 aromatic rings. The third-order valence-electron chi connectivity index (χ3n) is 4.20. The number of nitrogens with zero attached hydrogens (tertiary/aromatic N) is 3. The van der Waals surface area contributed by atoms with Gasteiger partial charge in [0.25, 0.3) is 5.89 Å². The van der Waals surface area contributed by atoms with Gasteiger partial charge in [0.2, 0.25) is 5.89 Å². The van der Waals surface area contributed by atoms with Crippen LogP contribution in [0.15, 0.2) is 34.7 Å². The molecular formula is C19H23N3O3. The first-order valence-corrected chi connectivity index (χ1v) is 8.48. The Morgan fingerprint density at radius 3 is 2.64 bits per heavy atom. The van der Waals surface area contributed by atoms with Gasteiger partial charge in [0, 0.05) is 16.8 Å². The molecular weight excluding hydrogens is 318 g/mol. The van der Waals surface area contributed by atoms with Crippen LogP contribution in [0.1, 0.15) is 46.4 Å². The summed E-state index contributed by atoms with van der Waals surface area (Å²) < 4.78 is 13.0. The maximum Gasteiger partial charge on any atom is 0.331 e. The molecule has 0 spiro atoms. The lowest BCUT2D eigenvalue weighted by molar-refractivity contribution is -0.151. The van der Waals surface area contributed by atoms with Crippen molar-refractivity contribution in [3.05, 3.63) is 36.2 Å². The SMILES string of the molecule is CCOC(=O)C(C)(C)n1c(-c2nnc(C(C)C)o2)cc2ccccc21. The van der Waals surface area contributed by atoms with Crippen LogP contribution in [-0.2, 0) is 15.1 Å². The summed E-state index contributed by atoms with van der Waals surface area (Å²) in [4.78, 5) is 12.6. The summed E-state index contributed by atoms with van der Waals surface area (Å²) in [6.45, 7) is 9.79. The Balaban J connectivity index is 2.23. The van der Waals surface area contributed by atoms with Gasteiger partial charge in [-0.15, -0.1) is 10.2 Å². The van der Waals surface area contributed by atoms with Crippen LogP contribution in [0.25, 0.3) is 22.5 Å². The van der Waals surface area contributed by atoms with E-state index in [1.54, 1.807) is 6.92 Å². The number of esters is 1. The van der Waals surface area contributed by atoms with Crippen molar-refractivity contribution < 1.29 is 13.9 Å². The summed E-state index contributed by atoms with van der Waals surface area (Å²) in [7, 11) is 0. The lowest BCUT2D eigenvalue weighted by Crippen LogP contribution is -2.37. The second-order valence-electron chi connectivity index (χ2n) is 6.80. The van der Waals surface area contributed by atoms with Crippen molar-refractivity contribution in [3.63, 3.8) is 0 Å². The topological polar surface area (TPSA) is 70.2 Å². The van der Waals surface area contributed by atoms with Crippen molar-refractivity contribution in [2.45, 2.75) is 46.1 Å². The van der Waals surface area contributed by atoms with Crippen LogP contribution in [-0.4, -0.2) is 27.3 Å². The molecule has 2 heterocycles. The lowest BCUT2D eigenvalue weighted by atomic mass is 10.0. The van der Waals surface area contributed by atoms with E-state index in [-0.39, 0.29) is 11.9 Å². The maximum absolute atomic E-state index is 12.6. The Labute approximate surface area is 146 Å². The van der Waals surface area contributed by atoms with Crippen LogP contribution in [0.4, 0.5) is 0 Å². The molecule has 6 nitrogen and oxygen atoms in total. The van der Waals surface area contributed by atoms with Crippen LogP contribution in [0.5, 0.6) is 0 Å². The lowest BCUT2D eigenvalue weighted by Gasteiger charge is -2.27. The normalized spacial score (nSPS) is 12.1. The van der Waals surface area contributed by atoms with E-state index in [2.05, 4.69) is 10.2 Å². The van der Waals surface area contributed by atoms with Gasteiger partial charge in [-0.1, -0.05) is 32.0 Å². The average molecular weight is 341 g/mol. The summed E-state index contributed by atoms with van der Waals surface area (Å²) in [5, 5.41) is 9.31. The van der Waals surface area contributed by atoms with E-state index in [0.29, 0.717) is 24.1 Å². The second kappa shape index (κ2) is 6.35. The van der Waals surface area contributed by atoms with Crippen molar-refractivity contribution >= 4 is 16.9 Å². The molecule has 2 aromatic heterocycles. The third kappa shape index (κ3) is 2.92. The molecule has 132 valence electrons. The number of rotatable bonds is 5. The van der Waals surface area contributed by atoms with Crippen LogP contribution in [0, 0.1) is 0 Å². The Kier molecular flexibility index (Phi) is 4.37. The Bertz CT molecular complexity index is 906. The highest BCUT2D eigenvalue weighted by Crippen LogP contribution is 2.34. The van der Waals surface area contributed by atoms with Gasteiger partial charge in [0.05, 0.1) is 6.61 Å². The van der Waals surface area contributed by atoms with Crippen LogP contribution < -0.4 is 0 Å². The van der Waals surface area contributed by atoms with Gasteiger partial charge in [-0.3, -0.25) is 0 Å². The number of hydrogen-bond acceptors (Lipinski definition) is 5. The van der Waals surface area contributed by atoms with Gasteiger partial charge >= 0.3 is 5.97 Å². The molecule has 0 saturated carbocycles. The van der Waals surface area contributed by atoms with Gasteiger partial charge in [0.15, 0.2) is 0 Å². The Morgan fingerprint density at radius 1 is 1.28 bits per heavy atom. The van der Waals surface area contributed by atoms with Gasteiger partial charge < -0.3 is 13.7 Å². The van der Waals surface area contributed by atoms with E-state index < -0.39 is 5.54 Å². The van der Waals surface area contributed by atoms with E-state index in [9.17, 15) is 4.79 Å². The molecule has 6 heteroatoms. The number of hydrogen-bond donors (Lipinski definition) is 0. The number of fused-ring (bicyclic) bond motifs is 1. The Hall–Kier alpha value is -2.63. The highest BCUT2D eigenvalue weighted by atomic mass is 16.5. The van der Waals surface area contributed by atoms with E-state index >= 15 is 0 Å². The first-order valence-electron chi connectivity index (χ1n) is 8.48. The molecule has 3 rings (SSSR count). The van der Waals surface area contributed by atoms with Crippen LogP contribution >= 0.6 is 0 Å². The number of ether oxygens (including phenoxy) is 1. The number of benzene rings is 1. The van der Waals surface area contributed by atoms with E-state index in [1.807, 2.05) is 62.6 Å². The fourth-order valence-corrected chi connectivity index (χ4v) is 2.88. The average Bonchev–Trinajstić information content (AvgIpc) is 3.19. The molecule has 0 fully saturated rings. The Morgan fingerprint density at radius 2 is 2.00 bits per heavy atom. The van der Waals surface area contributed by atoms with Gasteiger partial charge in [-0.25, -0.2) is 4.79 Å². The standard InChI is InChI=1S/C19H23N3O3/c1-6-24-18(23)19(4,5)22-14-10-8-7-9-13(14)11-15(22)17-21-20-16(25-17)12(2)3/h7-12H,6H2,1-5H3.